The molecule has 1 amide bonds. The summed E-state index contributed by atoms with van der Waals surface area (Å²) in [6, 6.07) is 7.45. The van der Waals surface area contributed by atoms with Crippen molar-refractivity contribution in [1.82, 2.24) is 5.32 Å². The van der Waals surface area contributed by atoms with Crippen molar-refractivity contribution in [3.8, 4) is 0 Å². The number of carbonyl (C=O) groups is 1. The van der Waals surface area contributed by atoms with E-state index in [0.717, 1.165) is 3.57 Å². The average Bonchev–Trinajstić information content (AvgIpc) is 2.17. The lowest BCUT2D eigenvalue weighted by molar-refractivity contribution is 0.0920. The van der Waals surface area contributed by atoms with Crippen molar-refractivity contribution >= 4 is 40.1 Å². The van der Waals surface area contributed by atoms with Gasteiger partial charge in [-0.1, -0.05) is 6.07 Å². The molecule has 0 aliphatic rings. The van der Waals surface area contributed by atoms with Crippen LogP contribution in [0.2, 0.25) is 0 Å². The number of halogens is 2. The number of hydrogen-bond donors (Lipinski definition) is 1. The van der Waals surface area contributed by atoms with Crippen LogP contribution < -0.4 is 5.32 Å². The van der Waals surface area contributed by atoms with E-state index in [1.54, 1.807) is 6.07 Å². The van der Waals surface area contributed by atoms with Crippen molar-refractivity contribution < 1.29 is 4.79 Å². The molecule has 1 aromatic carbocycles. The lowest BCUT2D eigenvalue weighted by Gasteiger charge is -2.23. The number of alkyl halides is 1. The molecule has 0 fully saturated rings. The van der Waals surface area contributed by atoms with E-state index in [9.17, 15) is 4.79 Å². The summed E-state index contributed by atoms with van der Waals surface area (Å²) in [5, 5.41) is 2.88. The Balaban J connectivity index is 2.78. The van der Waals surface area contributed by atoms with Crippen LogP contribution in [-0.2, 0) is 0 Å². The SMILES string of the molecule is CC(C)(CCl)NC(=O)c1cccc(I)c1. The van der Waals surface area contributed by atoms with E-state index in [1.807, 2.05) is 32.0 Å². The topological polar surface area (TPSA) is 29.1 Å². The summed E-state index contributed by atoms with van der Waals surface area (Å²) in [6.07, 6.45) is 0. The van der Waals surface area contributed by atoms with E-state index in [4.69, 9.17) is 11.6 Å². The molecule has 1 rings (SSSR count). The average molecular weight is 338 g/mol. The molecule has 0 saturated carbocycles. The summed E-state index contributed by atoms with van der Waals surface area (Å²) < 4.78 is 1.05. The predicted octanol–water partition coefficient (Wildman–Crippen LogP) is 3.04. The summed E-state index contributed by atoms with van der Waals surface area (Å²) in [5.74, 6) is 0.307. The first-order chi connectivity index (χ1) is 6.94. The van der Waals surface area contributed by atoms with E-state index in [1.165, 1.54) is 0 Å². The van der Waals surface area contributed by atoms with E-state index < -0.39 is 0 Å². The van der Waals surface area contributed by atoms with Crippen LogP contribution in [0.4, 0.5) is 0 Å². The number of benzene rings is 1. The highest BCUT2D eigenvalue weighted by molar-refractivity contribution is 14.1. The molecule has 0 unspecified atom stereocenters. The molecule has 2 nitrogen and oxygen atoms in total. The van der Waals surface area contributed by atoms with E-state index >= 15 is 0 Å². The molecule has 0 aliphatic carbocycles. The molecule has 0 spiro atoms. The smallest absolute Gasteiger partial charge is 0.251 e. The number of nitrogens with one attached hydrogen (secondary N) is 1. The third kappa shape index (κ3) is 3.99. The van der Waals surface area contributed by atoms with E-state index in [2.05, 4.69) is 27.9 Å². The van der Waals surface area contributed by atoms with Crippen molar-refractivity contribution in [2.45, 2.75) is 19.4 Å². The maximum absolute atomic E-state index is 11.8. The van der Waals surface area contributed by atoms with Crippen LogP contribution in [-0.4, -0.2) is 17.3 Å². The van der Waals surface area contributed by atoms with Crippen LogP contribution in [0.3, 0.4) is 0 Å². The molecule has 0 atom stereocenters. The largest absolute Gasteiger partial charge is 0.346 e. The lowest BCUT2D eigenvalue weighted by atomic mass is 10.1. The van der Waals surface area contributed by atoms with Gasteiger partial charge in [-0.2, -0.15) is 0 Å². The summed E-state index contributed by atoms with van der Waals surface area (Å²) in [7, 11) is 0. The van der Waals surface area contributed by atoms with Gasteiger partial charge in [0.1, 0.15) is 0 Å². The fourth-order valence-corrected chi connectivity index (χ4v) is 1.65. The molecule has 1 N–H and O–H groups in total. The van der Waals surface area contributed by atoms with Gasteiger partial charge in [-0.15, -0.1) is 11.6 Å². The number of carbonyl (C=O) groups excluding carboxylic acids is 1. The Hall–Kier alpha value is -0.290. The number of hydrogen-bond acceptors (Lipinski definition) is 1. The maximum Gasteiger partial charge on any atom is 0.251 e. The van der Waals surface area contributed by atoms with Crippen molar-refractivity contribution in [3.05, 3.63) is 33.4 Å². The molecule has 0 heterocycles. The molecule has 82 valence electrons. The normalized spacial score (nSPS) is 11.2. The van der Waals surface area contributed by atoms with Crippen LogP contribution in [0.1, 0.15) is 24.2 Å². The van der Waals surface area contributed by atoms with E-state index in [0.29, 0.717) is 11.4 Å². The first kappa shape index (κ1) is 12.8. The molecule has 0 radical (unpaired) electrons. The predicted molar refractivity (Wildman–Crippen MR) is 71.4 cm³/mol. The van der Waals surface area contributed by atoms with Gasteiger partial charge < -0.3 is 5.32 Å². The van der Waals surface area contributed by atoms with Gasteiger partial charge in [-0.05, 0) is 54.6 Å². The third-order valence-electron chi connectivity index (χ3n) is 1.87. The Kier molecular flexibility index (Phi) is 4.40. The second-order valence-electron chi connectivity index (χ2n) is 3.98. The zero-order valence-corrected chi connectivity index (χ0v) is 11.6. The monoisotopic (exact) mass is 337 g/mol. The Morgan fingerprint density at radius 1 is 1.53 bits per heavy atom. The van der Waals surface area contributed by atoms with Crippen molar-refractivity contribution in [3.63, 3.8) is 0 Å². The summed E-state index contributed by atoms with van der Waals surface area (Å²) in [5.41, 5.74) is 0.292. The minimum atomic E-state index is -0.375. The molecule has 1 aromatic rings. The van der Waals surface area contributed by atoms with Crippen LogP contribution in [0.25, 0.3) is 0 Å². The standard InChI is InChI=1S/C11H13ClINO/c1-11(2,7-12)14-10(15)8-4-3-5-9(13)6-8/h3-6H,7H2,1-2H3,(H,14,15). The number of rotatable bonds is 3. The second kappa shape index (κ2) is 5.16. The van der Waals surface area contributed by atoms with Crippen LogP contribution in [0, 0.1) is 3.57 Å². The summed E-state index contributed by atoms with van der Waals surface area (Å²) >= 11 is 7.92. The highest BCUT2D eigenvalue weighted by atomic mass is 127. The molecule has 0 saturated heterocycles. The number of amides is 1. The Labute approximate surface area is 109 Å². The first-order valence-electron chi connectivity index (χ1n) is 4.59. The first-order valence-corrected chi connectivity index (χ1v) is 6.20. The van der Waals surface area contributed by atoms with Gasteiger partial charge in [-0.3, -0.25) is 4.79 Å². The summed E-state index contributed by atoms with van der Waals surface area (Å²) in [6.45, 7) is 3.79. The lowest BCUT2D eigenvalue weighted by Crippen LogP contribution is -2.44. The molecule has 15 heavy (non-hydrogen) atoms. The van der Waals surface area contributed by atoms with Gasteiger partial charge in [0.05, 0.1) is 0 Å². The molecule has 0 aromatic heterocycles. The second-order valence-corrected chi connectivity index (χ2v) is 5.49. The zero-order valence-electron chi connectivity index (χ0n) is 8.68. The van der Waals surface area contributed by atoms with Gasteiger partial charge in [0.2, 0.25) is 0 Å². The van der Waals surface area contributed by atoms with Crippen LogP contribution in [0.5, 0.6) is 0 Å². The van der Waals surface area contributed by atoms with Gasteiger partial charge in [0, 0.05) is 20.6 Å². The molecule has 0 bridgehead atoms. The van der Waals surface area contributed by atoms with Crippen molar-refractivity contribution in [2.24, 2.45) is 0 Å². The fraction of sp³-hybridized carbons (Fsp3) is 0.364. The van der Waals surface area contributed by atoms with Crippen molar-refractivity contribution in [1.29, 1.82) is 0 Å². The minimum Gasteiger partial charge on any atom is -0.346 e. The van der Waals surface area contributed by atoms with Crippen molar-refractivity contribution in [2.75, 3.05) is 5.88 Å². The van der Waals surface area contributed by atoms with Gasteiger partial charge >= 0.3 is 0 Å². The van der Waals surface area contributed by atoms with Gasteiger partial charge in [0.15, 0.2) is 0 Å². The summed E-state index contributed by atoms with van der Waals surface area (Å²) in [4.78, 5) is 11.8. The highest BCUT2D eigenvalue weighted by Gasteiger charge is 2.19. The quantitative estimate of drug-likeness (QED) is 0.667. The van der Waals surface area contributed by atoms with E-state index in [-0.39, 0.29) is 11.4 Å². The zero-order chi connectivity index (χ0) is 11.5. The fourth-order valence-electron chi connectivity index (χ4n) is 1.04. The Morgan fingerprint density at radius 2 is 2.20 bits per heavy atom. The molecule has 0 aliphatic heterocycles. The molecular formula is C11H13ClINO. The van der Waals surface area contributed by atoms with Crippen LogP contribution in [0.15, 0.2) is 24.3 Å². The molecular weight excluding hydrogens is 324 g/mol. The Morgan fingerprint density at radius 3 is 2.73 bits per heavy atom. The third-order valence-corrected chi connectivity index (χ3v) is 3.21. The minimum absolute atomic E-state index is 0.0841. The van der Waals surface area contributed by atoms with Gasteiger partial charge in [0.25, 0.3) is 5.91 Å². The highest BCUT2D eigenvalue weighted by Crippen LogP contribution is 2.10. The maximum atomic E-state index is 11.8. The van der Waals surface area contributed by atoms with Gasteiger partial charge in [-0.25, -0.2) is 0 Å². The Bertz CT molecular complexity index is 365. The molecule has 4 heteroatoms. The van der Waals surface area contributed by atoms with Crippen LogP contribution >= 0.6 is 34.2 Å².